The van der Waals surface area contributed by atoms with Crippen molar-refractivity contribution in [2.24, 2.45) is 0 Å². The Labute approximate surface area is 167 Å². The summed E-state index contributed by atoms with van der Waals surface area (Å²) in [7, 11) is 0. The molecule has 2 amide bonds. The Morgan fingerprint density at radius 1 is 1.21 bits per heavy atom. The number of rotatable bonds is 6. The maximum Gasteiger partial charge on any atom is 0.411 e. The van der Waals surface area contributed by atoms with E-state index in [9.17, 15) is 9.59 Å². The van der Waals surface area contributed by atoms with Crippen molar-refractivity contribution >= 4 is 29.4 Å². The van der Waals surface area contributed by atoms with E-state index in [-0.39, 0.29) is 18.7 Å². The maximum absolute atomic E-state index is 11.9. The number of nitrogens with one attached hydrogen (secondary N) is 1. The molecule has 0 spiro atoms. The Hall–Kier alpha value is -2.93. The molecule has 7 heteroatoms. The van der Waals surface area contributed by atoms with Gasteiger partial charge in [-0.15, -0.1) is 11.8 Å². The Morgan fingerprint density at radius 2 is 2.00 bits per heavy atom. The first kappa shape index (κ1) is 18.4. The lowest BCUT2D eigenvalue weighted by molar-refractivity contribution is -0.154. The fourth-order valence-corrected chi connectivity index (χ4v) is 3.75. The molecule has 144 valence electrons. The first-order valence-electron chi connectivity index (χ1n) is 9.03. The van der Waals surface area contributed by atoms with Crippen LogP contribution in [0, 0.1) is 0 Å². The van der Waals surface area contributed by atoms with Crippen LogP contribution in [-0.4, -0.2) is 35.4 Å². The number of hydrogen-bond donors (Lipinski definition) is 1. The minimum absolute atomic E-state index is 0.0456. The summed E-state index contributed by atoms with van der Waals surface area (Å²) in [5.41, 5.74) is 1.63. The summed E-state index contributed by atoms with van der Waals surface area (Å²) in [6, 6.07) is 17.1. The molecule has 0 saturated carbocycles. The average Bonchev–Trinajstić information content (AvgIpc) is 3.05. The van der Waals surface area contributed by atoms with Crippen molar-refractivity contribution in [3.05, 3.63) is 72.0 Å². The molecule has 2 fully saturated rings. The van der Waals surface area contributed by atoms with Crippen molar-refractivity contribution in [2.45, 2.75) is 24.2 Å². The zero-order valence-corrected chi connectivity index (χ0v) is 16.0. The van der Waals surface area contributed by atoms with E-state index in [2.05, 4.69) is 5.32 Å². The highest BCUT2D eigenvalue weighted by Gasteiger charge is 2.43. The van der Waals surface area contributed by atoms with E-state index in [4.69, 9.17) is 9.47 Å². The second-order valence-electron chi connectivity index (χ2n) is 6.49. The lowest BCUT2D eigenvalue weighted by atomic mass is 10.2. The molecule has 1 N–H and O–H groups in total. The van der Waals surface area contributed by atoms with Gasteiger partial charge in [0.05, 0.1) is 13.0 Å². The molecule has 0 aromatic heterocycles. The number of thioether (sulfide) groups is 1. The largest absolute Gasteiger partial charge is 0.473 e. The number of amides is 2. The molecule has 0 bridgehead atoms. The molecule has 0 unspecified atom stereocenters. The molecule has 6 nitrogen and oxygen atoms in total. The third-order valence-electron chi connectivity index (χ3n) is 4.51. The first-order valence-corrected chi connectivity index (χ1v) is 10.0. The van der Waals surface area contributed by atoms with Crippen LogP contribution in [0.3, 0.4) is 0 Å². The number of hydrogen-bond acceptors (Lipinski definition) is 5. The molecule has 4 rings (SSSR count). The molecule has 2 aliphatic heterocycles. The van der Waals surface area contributed by atoms with Crippen molar-refractivity contribution in [1.82, 2.24) is 4.90 Å². The zero-order chi connectivity index (χ0) is 19.3. The zero-order valence-electron chi connectivity index (χ0n) is 15.2. The highest BCUT2D eigenvalue weighted by atomic mass is 32.2. The van der Waals surface area contributed by atoms with Gasteiger partial charge in [-0.05, 0) is 35.9 Å². The lowest BCUT2D eigenvalue weighted by Crippen LogP contribution is -2.48. The van der Waals surface area contributed by atoms with Crippen LogP contribution in [0.25, 0.3) is 0 Å². The lowest BCUT2D eigenvalue weighted by Gasteiger charge is -2.30. The highest BCUT2D eigenvalue weighted by Crippen LogP contribution is 2.31. The number of carbonyl (C=O) groups excluding carboxylic acids is 2. The molecule has 2 heterocycles. The van der Waals surface area contributed by atoms with Gasteiger partial charge >= 0.3 is 6.09 Å². The van der Waals surface area contributed by atoms with Crippen LogP contribution in [-0.2, 0) is 20.9 Å². The van der Waals surface area contributed by atoms with Crippen LogP contribution < -0.4 is 5.32 Å². The Bertz CT molecular complexity index is 883. The van der Waals surface area contributed by atoms with E-state index in [1.807, 2.05) is 60.7 Å². The fraction of sp³-hybridized carbons (Fsp3) is 0.238. The van der Waals surface area contributed by atoms with Crippen molar-refractivity contribution < 1.29 is 19.1 Å². The van der Waals surface area contributed by atoms with E-state index >= 15 is 0 Å². The molecule has 0 radical (unpaired) electrons. The quantitative estimate of drug-likeness (QED) is 0.590. The third kappa shape index (κ3) is 4.48. The number of anilines is 1. The predicted molar refractivity (Wildman–Crippen MR) is 107 cm³/mol. The van der Waals surface area contributed by atoms with Gasteiger partial charge in [0, 0.05) is 16.3 Å². The number of benzene rings is 2. The minimum Gasteiger partial charge on any atom is -0.473 e. The smallest absolute Gasteiger partial charge is 0.411 e. The van der Waals surface area contributed by atoms with E-state index in [0.29, 0.717) is 18.7 Å². The first-order chi connectivity index (χ1) is 13.7. The maximum atomic E-state index is 11.9. The fourth-order valence-electron chi connectivity index (χ4n) is 2.96. The van der Waals surface area contributed by atoms with Gasteiger partial charge in [0.2, 0.25) is 5.91 Å². The van der Waals surface area contributed by atoms with E-state index in [0.717, 1.165) is 22.0 Å². The third-order valence-corrected chi connectivity index (χ3v) is 5.44. The minimum atomic E-state index is -0.480. The molecular weight excluding hydrogens is 376 g/mol. The van der Waals surface area contributed by atoms with E-state index in [1.165, 1.54) is 0 Å². The number of β-lactam (4-membered cyclic amide) rings is 1. The standard InChI is InChI=1S/C21H20N2O4S/c24-19-12-20-23(19)13-17(27-20)10-11-28-18-8-6-16(7-9-18)22-21(25)26-14-15-4-2-1-3-5-15/h1-10,20H,11-14H2,(H,22,25)/b17-10+/t20-/m1/s1. The normalized spacial score (nSPS) is 19.0. The van der Waals surface area contributed by atoms with Crippen molar-refractivity contribution in [3.63, 3.8) is 0 Å². The SMILES string of the molecule is O=C(Nc1ccc(SC/C=C2\CN3C(=O)C[C@H]3O2)cc1)OCc1ccccc1. The summed E-state index contributed by atoms with van der Waals surface area (Å²) in [6.07, 6.45) is 1.98. The second-order valence-corrected chi connectivity index (χ2v) is 7.58. The predicted octanol–water partition coefficient (Wildman–Crippen LogP) is 4.00. The van der Waals surface area contributed by atoms with Gasteiger partial charge in [-0.25, -0.2) is 4.79 Å². The van der Waals surface area contributed by atoms with Crippen LogP contribution in [0.4, 0.5) is 10.5 Å². The summed E-state index contributed by atoms with van der Waals surface area (Å²) in [5.74, 6) is 1.78. The van der Waals surface area contributed by atoms with Gasteiger partial charge in [0.15, 0.2) is 6.23 Å². The van der Waals surface area contributed by atoms with Crippen LogP contribution >= 0.6 is 11.8 Å². The Balaban J connectivity index is 1.20. The Kier molecular flexibility index (Phi) is 5.53. The van der Waals surface area contributed by atoms with Gasteiger partial charge < -0.3 is 9.47 Å². The summed E-state index contributed by atoms with van der Waals surface area (Å²) < 4.78 is 10.9. The van der Waals surface area contributed by atoms with Gasteiger partial charge in [-0.2, -0.15) is 0 Å². The van der Waals surface area contributed by atoms with Gasteiger partial charge in [-0.1, -0.05) is 30.3 Å². The second kappa shape index (κ2) is 8.39. The van der Waals surface area contributed by atoms with Crippen LogP contribution in [0.1, 0.15) is 12.0 Å². The molecule has 2 saturated heterocycles. The van der Waals surface area contributed by atoms with Crippen LogP contribution in [0.5, 0.6) is 0 Å². The average molecular weight is 396 g/mol. The van der Waals surface area contributed by atoms with Gasteiger partial charge in [0.1, 0.15) is 12.4 Å². The number of fused-ring (bicyclic) bond motifs is 1. The number of ether oxygens (including phenoxy) is 2. The van der Waals surface area contributed by atoms with Crippen LogP contribution in [0.15, 0.2) is 71.3 Å². The van der Waals surface area contributed by atoms with Crippen molar-refractivity contribution in [3.8, 4) is 0 Å². The van der Waals surface area contributed by atoms with Gasteiger partial charge in [0.25, 0.3) is 0 Å². The molecule has 2 aromatic rings. The summed E-state index contributed by atoms with van der Waals surface area (Å²) >= 11 is 1.66. The van der Waals surface area contributed by atoms with E-state index < -0.39 is 6.09 Å². The summed E-state index contributed by atoms with van der Waals surface area (Å²) in [4.78, 5) is 26.1. The Morgan fingerprint density at radius 3 is 2.71 bits per heavy atom. The van der Waals surface area contributed by atoms with Gasteiger partial charge in [-0.3, -0.25) is 15.0 Å². The number of carbonyl (C=O) groups is 2. The van der Waals surface area contributed by atoms with Crippen molar-refractivity contribution in [1.29, 1.82) is 0 Å². The monoisotopic (exact) mass is 396 g/mol. The van der Waals surface area contributed by atoms with E-state index in [1.54, 1.807) is 16.7 Å². The van der Waals surface area contributed by atoms with Crippen molar-refractivity contribution in [2.75, 3.05) is 17.6 Å². The molecule has 28 heavy (non-hydrogen) atoms. The molecule has 0 aliphatic carbocycles. The summed E-state index contributed by atoms with van der Waals surface area (Å²) in [5, 5.41) is 2.72. The summed E-state index contributed by atoms with van der Waals surface area (Å²) in [6.45, 7) is 0.819. The molecule has 2 aliphatic rings. The van der Waals surface area contributed by atoms with Crippen LogP contribution in [0.2, 0.25) is 0 Å². The molecular formula is C21H20N2O4S. The molecule has 2 aromatic carbocycles. The highest BCUT2D eigenvalue weighted by molar-refractivity contribution is 7.99. The topological polar surface area (TPSA) is 67.9 Å². The molecule has 1 atom stereocenters. The number of nitrogens with zero attached hydrogens (tertiary/aromatic N) is 1.